The predicted molar refractivity (Wildman–Crippen MR) is 68.6 cm³/mol. The van der Waals surface area contributed by atoms with Gasteiger partial charge < -0.3 is 10.0 Å². The first-order valence-electron chi connectivity index (χ1n) is 6.51. The van der Waals surface area contributed by atoms with Crippen LogP contribution in [0, 0.1) is 0 Å². The molecule has 2 heterocycles. The molecule has 1 fully saturated rings. The molecule has 0 radical (unpaired) electrons. The number of aromatic nitrogens is 2. The maximum atomic E-state index is 10.8. The molecule has 1 aliphatic rings. The number of carbonyl (C=O) groups is 1. The van der Waals surface area contributed by atoms with Crippen LogP contribution in [0.25, 0.3) is 0 Å². The summed E-state index contributed by atoms with van der Waals surface area (Å²) in [6.45, 7) is 2.98. The lowest BCUT2D eigenvalue weighted by Crippen LogP contribution is -2.32. The Bertz CT molecular complexity index is 405. The fraction of sp³-hybridized carbons (Fsp3) is 0.615. The Morgan fingerprint density at radius 1 is 1.50 bits per heavy atom. The van der Waals surface area contributed by atoms with Gasteiger partial charge >= 0.3 is 5.97 Å². The zero-order valence-electron chi connectivity index (χ0n) is 10.7. The molecule has 98 valence electrons. The zero-order chi connectivity index (χ0) is 13.0. The summed E-state index contributed by atoms with van der Waals surface area (Å²) in [5.41, 5.74) is 0.996. The lowest BCUT2D eigenvalue weighted by molar-refractivity contribution is -0.137. The van der Waals surface area contributed by atoms with Crippen molar-refractivity contribution in [3.8, 4) is 0 Å². The van der Waals surface area contributed by atoms with Crippen molar-refractivity contribution in [3.63, 3.8) is 0 Å². The molecule has 1 aliphatic heterocycles. The highest BCUT2D eigenvalue weighted by Gasteiger charge is 2.27. The number of nitrogens with zero attached hydrogens (tertiary/aromatic N) is 3. The number of aryl methyl sites for hydroxylation is 1. The van der Waals surface area contributed by atoms with Crippen LogP contribution < -0.4 is 4.90 Å². The summed E-state index contributed by atoms with van der Waals surface area (Å²) in [5.74, 6) is 0.0565. The Morgan fingerprint density at radius 3 is 2.94 bits per heavy atom. The smallest absolute Gasteiger partial charge is 0.305 e. The van der Waals surface area contributed by atoms with Crippen LogP contribution in [0.2, 0.25) is 0 Å². The number of aliphatic carboxylic acids is 1. The molecule has 1 saturated heterocycles. The summed E-state index contributed by atoms with van der Waals surface area (Å²) in [5, 5.41) is 17.3. The number of carboxylic acid groups (broad SMARTS) is 1. The van der Waals surface area contributed by atoms with E-state index < -0.39 is 5.97 Å². The third-order valence-corrected chi connectivity index (χ3v) is 3.29. The highest BCUT2D eigenvalue weighted by atomic mass is 16.4. The molecule has 1 N–H and O–H groups in total. The molecule has 0 aliphatic carbocycles. The van der Waals surface area contributed by atoms with E-state index in [4.69, 9.17) is 5.11 Å². The summed E-state index contributed by atoms with van der Waals surface area (Å²) in [7, 11) is 0. The van der Waals surface area contributed by atoms with E-state index >= 15 is 0 Å². The first kappa shape index (κ1) is 12.8. The van der Waals surface area contributed by atoms with Crippen LogP contribution in [0.1, 0.15) is 38.3 Å². The van der Waals surface area contributed by atoms with Gasteiger partial charge in [-0.25, -0.2) is 0 Å². The Labute approximate surface area is 107 Å². The van der Waals surface area contributed by atoms with Crippen molar-refractivity contribution in [3.05, 3.63) is 17.8 Å². The molecule has 0 bridgehead atoms. The molecular formula is C13H19N3O2. The van der Waals surface area contributed by atoms with Crippen molar-refractivity contribution in [1.29, 1.82) is 0 Å². The molecule has 0 saturated carbocycles. The number of hydrogen-bond acceptors (Lipinski definition) is 4. The number of rotatable bonds is 5. The normalized spacial score (nSPS) is 19.2. The first-order chi connectivity index (χ1) is 8.70. The van der Waals surface area contributed by atoms with E-state index in [1.54, 1.807) is 0 Å². The summed E-state index contributed by atoms with van der Waals surface area (Å²) < 4.78 is 0. The largest absolute Gasteiger partial charge is 0.481 e. The zero-order valence-corrected chi connectivity index (χ0v) is 10.7. The van der Waals surface area contributed by atoms with E-state index in [-0.39, 0.29) is 12.5 Å². The summed E-state index contributed by atoms with van der Waals surface area (Å²) in [6, 6.07) is 4.01. The van der Waals surface area contributed by atoms with Gasteiger partial charge in [0.2, 0.25) is 0 Å². The molecule has 0 aromatic carbocycles. The van der Waals surface area contributed by atoms with Crippen LogP contribution >= 0.6 is 0 Å². The van der Waals surface area contributed by atoms with E-state index in [1.165, 1.54) is 0 Å². The van der Waals surface area contributed by atoms with Crippen molar-refractivity contribution in [2.45, 2.75) is 45.1 Å². The lowest BCUT2D eigenvalue weighted by atomic mass is 10.1. The molecule has 18 heavy (non-hydrogen) atoms. The van der Waals surface area contributed by atoms with Crippen molar-refractivity contribution >= 4 is 11.8 Å². The van der Waals surface area contributed by atoms with Crippen LogP contribution in [0.15, 0.2) is 12.1 Å². The van der Waals surface area contributed by atoms with E-state index in [2.05, 4.69) is 22.0 Å². The Morgan fingerprint density at radius 2 is 2.33 bits per heavy atom. The molecule has 0 spiro atoms. The van der Waals surface area contributed by atoms with Crippen LogP contribution in [0.3, 0.4) is 0 Å². The van der Waals surface area contributed by atoms with E-state index in [1.807, 2.05) is 12.1 Å². The van der Waals surface area contributed by atoms with Gasteiger partial charge in [0.05, 0.1) is 12.1 Å². The molecule has 2 rings (SSSR count). The molecule has 1 aromatic heterocycles. The predicted octanol–water partition coefficient (Wildman–Crippen LogP) is 1.87. The van der Waals surface area contributed by atoms with Crippen LogP contribution in [0.5, 0.6) is 0 Å². The lowest BCUT2D eigenvalue weighted by Gasteiger charge is -2.23. The Hall–Kier alpha value is -1.65. The van der Waals surface area contributed by atoms with E-state index in [0.29, 0.717) is 0 Å². The quantitative estimate of drug-likeness (QED) is 0.863. The molecular weight excluding hydrogens is 230 g/mol. The summed E-state index contributed by atoms with van der Waals surface area (Å²) in [6.07, 6.45) is 4.12. The highest BCUT2D eigenvalue weighted by Crippen LogP contribution is 2.25. The number of anilines is 1. The Balaban J connectivity index is 2.07. The average molecular weight is 249 g/mol. The van der Waals surface area contributed by atoms with Crippen LogP contribution in [-0.4, -0.2) is 33.9 Å². The minimum Gasteiger partial charge on any atom is -0.481 e. The van der Waals surface area contributed by atoms with E-state index in [0.717, 1.165) is 43.7 Å². The molecule has 1 atom stereocenters. The second kappa shape index (κ2) is 5.80. The van der Waals surface area contributed by atoms with Crippen molar-refractivity contribution in [1.82, 2.24) is 10.2 Å². The second-order valence-corrected chi connectivity index (χ2v) is 4.72. The number of hydrogen-bond donors (Lipinski definition) is 1. The van der Waals surface area contributed by atoms with E-state index in [9.17, 15) is 4.79 Å². The highest BCUT2D eigenvalue weighted by molar-refractivity contribution is 5.68. The minimum absolute atomic E-state index is 0.0637. The van der Waals surface area contributed by atoms with Gasteiger partial charge in [-0.2, -0.15) is 5.10 Å². The van der Waals surface area contributed by atoms with Gasteiger partial charge in [0.1, 0.15) is 0 Å². The van der Waals surface area contributed by atoms with Crippen molar-refractivity contribution < 1.29 is 9.90 Å². The standard InChI is InChI=1S/C13H19N3O2/c1-2-4-10-6-7-12(15-14-10)16-8-3-5-11(16)9-13(17)18/h6-7,11H,2-5,8-9H2,1H3,(H,17,18). The Kier molecular flexibility index (Phi) is 4.12. The maximum absolute atomic E-state index is 10.8. The average Bonchev–Trinajstić information content (AvgIpc) is 2.78. The van der Waals surface area contributed by atoms with Gasteiger partial charge in [0, 0.05) is 12.6 Å². The monoisotopic (exact) mass is 249 g/mol. The minimum atomic E-state index is -0.748. The van der Waals surface area contributed by atoms with Gasteiger partial charge in [-0.15, -0.1) is 5.10 Å². The van der Waals surface area contributed by atoms with Crippen LogP contribution in [0.4, 0.5) is 5.82 Å². The molecule has 5 nitrogen and oxygen atoms in total. The van der Waals surface area contributed by atoms with Gasteiger partial charge in [0.15, 0.2) is 5.82 Å². The maximum Gasteiger partial charge on any atom is 0.305 e. The third-order valence-electron chi connectivity index (χ3n) is 3.29. The molecule has 1 unspecified atom stereocenters. The van der Waals surface area contributed by atoms with Gasteiger partial charge in [-0.1, -0.05) is 13.3 Å². The topological polar surface area (TPSA) is 66.3 Å². The SMILES string of the molecule is CCCc1ccc(N2CCCC2CC(=O)O)nn1. The molecule has 5 heteroatoms. The van der Waals surface area contributed by atoms with Crippen LogP contribution in [-0.2, 0) is 11.2 Å². The van der Waals surface area contributed by atoms with Gasteiger partial charge in [-0.05, 0) is 31.4 Å². The molecule has 1 aromatic rings. The second-order valence-electron chi connectivity index (χ2n) is 4.72. The van der Waals surface area contributed by atoms with Crippen molar-refractivity contribution in [2.24, 2.45) is 0 Å². The fourth-order valence-corrected chi connectivity index (χ4v) is 2.45. The molecule has 0 amide bonds. The third kappa shape index (κ3) is 2.97. The summed E-state index contributed by atoms with van der Waals surface area (Å²) >= 11 is 0. The van der Waals surface area contributed by atoms with Gasteiger partial charge in [0.25, 0.3) is 0 Å². The van der Waals surface area contributed by atoms with Crippen molar-refractivity contribution in [2.75, 3.05) is 11.4 Å². The van der Waals surface area contributed by atoms with Gasteiger partial charge in [-0.3, -0.25) is 4.79 Å². The summed E-state index contributed by atoms with van der Waals surface area (Å²) in [4.78, 5) is 12.9. The fourth-order valence-electron chi connectivity index (χ4n) is 2.45. The first-order valence-corrected chi connectivity index (χ1v) is 6.51. The number of carboxylic acids is 1.